The Morgan fingerprint density at radius 1 is 1.61 bits per heavy atom. The van der Waals surface area contributed by atoms with Crippen LogP contribution in [0.15, 0.2) is 6.33 Å². The summed E-state index contributed by atoms with van der Waals surface area (Å²) in [5.41, 5.74) is 5.75. The summed E-state index contributed by atoms with van der Waals surface area (Å²) in [4.78, 5) is 7.36. The standard InChI is InChI=1S/C12H21N5S/c1-9(2)17-11(14-8-15-17)7-16-5-3-4-10(6-16)12(13)18/h8-10H,3-7H2,1-2H3,(H2,13,18). The van der Waals surface area contributed by atoms with Crippen LogP contribution in [0.4, 0.5) is 0 Å². The van der Waals surface area contributed by atoms with Gasteiger partial charge in [-0.05, 0) is 33.2 Å². The molecular formula is C12H21N5S. The van der Waals surface area contributed by atoms with Gasteiger partial charge in [0, 0.05) is 18.5 Å². The second-order valence-corrected chi connectivity index (χ2v) is 5.66. The van der Waals surface area contributed by atoms with E-state index in [4.69, 9.17) is 18.0 Å². The van der Waals surface area contributed by atoms with Crippen molar-refractivity contribution in [3.63, 3.8) is 0 Å². The van der Waals surface area contributed by atoms with Crippen LogP contribution in [0.3, 0.4) is 0 Å². The molecule has 0 radical (unpaired) electrons. The predicted octanol–water partition coefficient (Wildman–Crippen LogP) is 1.36. The molecule has 0 bridgehead atoms. The van der Waals surface area contributed by atoms with Crippen LogP contribution in [0.1, 0.15) is 38.6 Å². The van der Waals surface area contributed by atoms with Crippen molar-refractivity contribution in [3.05, 3.63) is 12.2 Å². The number of nitrogens with zero attached hydrogens (tertiary/aromatic N) is 4. The molecule has 0 aromatic carbocycles. The number of piperidine rings is 1. The Morgan fingerprint density at radius 3 is 3.06 bits per heavy atom. The molecule has 1 aliphatic heterocycles. The summed E-state index contributed by atoms with van der Waals surface area (Å²) in [5, 5.41) is 4.26. The highest BCUT2D eigenvalue weighted by Gasteiger charge is 2.23. The molecule has 2 rings (SSSR count). The van der Waals surface area contributed by atoms with Crippen LogP contribution in [0.5, 0.6) is 0 Å². The highest BCUT2D eigenvalue weighted by molar-refractivity contribution is 7.80. The van der Waals surface area contributed by atoms with Crippen LogP contribution in [0.2, 0.25) is 0 Å². The Hall–Kier alpha value is -1.01. The maximum atomic E-state index is 5.75. The third-order valence-electron chi connectivity index (χ3n) is 3.41. The molecule has 1 aliphatic rings. The van der Waals surface area contributed by atoms with Crippen LogP contribution in [-0.4, -0.2) is 37.7 Å². The van der Waals surface area contributed by atoms with E-state index in [1.165, 1.54) is 0 Å². The molecule has 6 heteroatoms. The van der Waals surface area contributed by atoms with E-state index in [1.807, 2.05) is 4.68 Å². The molecule has 1 aromatic rings. The first-order valence-electron chi connectivity index (χ1n) is 6.48. The number of thiocarbonyl (C=S) groups is 1. The zero-order chi connectivity index (χ0) is 13.1. The lowest BCUT2D eigenvalue weighted by Gasteiger charge is -2.31. The Labute approximate surface area is 113 Å². The SMILES string of the molecule is CC(C)n1ncnc1CN1CCCC(C(N)=S)C1. The third kappa shape index (κ3) is 3.05. The lowest BCUT2D eigenvalue weighted by Crippen LogP contribution is -2.40. The molecule has 0 amide bonds. The molecule has 2 N–H and O–H groups in total. The second kappa shape index (κ2) is 5.75. The Bertz CT molecular complexity index is 414. The molecule has 100 valence electrons. The van der Waals surface area contributed by atoms with Gasteiger partial charge in [-0.25, -0.2) is 9.67 Å². The van der Waals surface area contributed by atoms with Gasteiger partial charge in [0.25, 0.3) is 0 Å². The number of nitrogens with two attached hydrogens (primary N) is 1. The van der Waals surface area contributed by atoms with Crippen molar-refractivity contribution in [2.24, 2.45) is 11.7 Å². The number of hydrogen-bond donors (Lipinski definition) is 1. The fourth-order valence-electron chi connectivity index (χ4n) is 2.45. The average Bonchev–Trinajstić information content (AvgIpc) is 2.77. The van der Waals surface area contributed by atoms with Crippen LogP contribution in [0.25, 0.3) is 0 Å². The minimum Gasteiger partial charge on any atom is -0.393 e. The van der Waals surface area contributed by atoms with Crippen LogP contribution < -0.4 is 5.73 Å². The highest BCUT2D eigenvalue weighted by atomic mass is 32.1. The van der Waals surface area contributed by atoms with E-state index in [1.54, 1.807) is 6.33 Å². The van der Waals surface area contributed by atoms with E-state index in [0.717, 1.165) is 38.3 Å². The van der Waals surface area contributed by atoms with E-state index in [0.29, 0.717) is 16.9 Å². The van der Waals surface area contributed by atoms with Crippen molar-refractivity contribution >= 4 is 17.2 Å². The van der Waals surface area contributed by atoms with Crippen LogP contribution in [0, 0.1) is 5.92 Å². The summed E-state index contributed by atoms with van der Waals surface area (Å²) in [6, 6.07) is 0.346. The lowest BCUT2D eigenvalue weighted by atomic mass is 9.98. The summed E-state index contributed by atoms with van der Waals surface area (Å²) >= 11 is 5.10. The summed E-state index contributed by atoms with van der Waals surface area (Å²) in [7, 11) is 0. The van der Waals surface area contributed by atoms with Crippen molar-refractivity contribution in [3.8, 4) is 0 Å². The van der Waals surface area contributed by atoms with E-state index in [2.05, 4.69) is 28.8 Å². The summed E-state index contributed by atoms with van der Waals surface area (Å²) in [6.07, 6.45) is 3.89. The van der Waals surface area contributed by atoms with E-state index >= 15 is 0 Å². The molecule has 0 saturated carbocycles. The molecule has 1 atom stereocenters. The molecule has 1 aromatic heterocycles. The lowest BCUT2D eigenvalue weighted by molar-refractivity contribution is 0.188. The molecule has 1 saturated heterocycles. The fourth-order valence-corrected chi connectivity index (χ4v) is 2.64. The normalized spacial score (nSPS) is 21.4. The first-order chi connectivity index (χ1) is 8.58. The van der Waals surface area contributed by atoms with Crippen molar-refractivity contribution in [1.29, 1.82) is 0 Å². The van der Waals surface area contributed by atoms with Gasteiger partial charge in [0.05, 0.1) is 11.5 Å². The second-order valence-electron chi connectivity index (χ2n) is 5.19. The molecule has 0 aliphatic carbocycles. The number of hydrogen-bond acceptors (Lipinski definition) is 4. The summed E-state index contributed by atoms with van der Waals surface area (Å²) in [5.74, 6) is 1.37. The number of aromatic nitrogens is 3. The van der Waals surface area contributed by atoms with Crippen LogP contribution in [-0.2, 0) is 6.54 Å². The van der Waals surface area contributed by atoms with E-state index < -0.39 is 0 Å². The Balaban J connectivity index is 2.00. The largest absolute Gasteiger partial charge is 0.393 e. The van der Waals surface area contributed by atoms with Gasteiger partial charge in [0.2, 0.25) is 0 Å². The van der Waals surface area contributed by atoms with Gasteiger partial charge in [-0.2, -0.15) is 5.10 Å². The minimum absolute atomic E-state index is 0.346. The van der Waals surface area contributed by atoms with Crippen LogP contribution >= 0.6 is 12.2 Å². The maximum Gasteiger partial charge on any atom is 0.141 e. The average molecular weight is 267 g/mol. The van der Waals surface area contributed by atoms with Gasteiger partial charge in [-0.15, -0.1) is 0 Å². The predicted molar refractivity (Wildman–Crippen MR) is 75.2 cm³/mol. The van der Waals surface area contributed by atoms with Gasteiger partial charge in [-0.1, -0.05) is 12.2 Å². The minimum atomic E-state index is 0.346. The molecule has 2 heterocycles. The molecule has 1 fully saturated rings. The third-order valence-corrected chi connectivity index (χ3v) is 3.74. The molecule has 18 heavy (non-hydrogen) atoms. The molecule has 0 spiro atoms. The fraction of sp³-hybridized carbons (Fsp3) is 0.750. The van der Waals surface area contributed by atoms with Crippen molar-refractivity contribution in [2.45, 2.75) is 39.3 Å². The van der Waals surface area contributed by atoms with Crippen molar-refractivity contribution in [2.75, 3.05) is 13.1 Å². The zero-order valence-corrected chi connectivity index (χ0v) is 11.9. The van der Waals surface area contributed by atoms with Gasteiger partial charge >= 0.3 is 0 Å². The first-order valence-corrected chi connectivity index (χ1v) is 6.88. The smallest absolute Gasteiger partial charge is 0.141 e. The number of rotatable bonds is 4. The van der Waals surface area contributed by atoms with E-state index in [9.17, 15) is 0 Å². The van der Waals surface area contributed by atoms with Crippen molar-refractivity contribution in [1.82, 2.24) is 19.7 Å². The van der Waals surface area contributed by atoms with Gasteiger partial charge in [0.1, 0.15) is 12.2 Å². The molecule has 1 unspecified atom stereocenters. The Kier molecular flexibility index (Phi) is 4.29. The monoisotopic (exact) mass is 267 g/mol. The van der Waals surface area contributed by atoms with Gasteiger partial charge in [-0.3, -0.25) is 4.90 Å². The zero-order valence-electron chi connectivity index (χ0n) is 11.0. The quantitative estimate of drug-likeness (QED) is 0.835. The topological polar surface area (TPSA) is 60.0 Å². The highest BCUT2D eigenvalue weighted by Crippen LogP contribution is 2.18. The maximum absolute atomic E-state index is 5.75. The summed E-state index contributed by atoms with van der Waals surface area (Å²) in [6.45, 7) is 7.10. The van der Waals surface area contributed by atoms with Gasteiger partial charge < -0.3 is 5.73 Å². The Morgan fingerprint density at radius 2 is 2.39 bits per heavy atom. The van der Waals surface area contributed by atoms with Gasteiger partial charge in [0.15, 0.2) is 0 Å². The molecule has 5 nitrogen and oxygen atoms in total. The summed E-state index contributed by atoms with van der Waals surface area (Å²) < 4.78 is 1.98. The first kappa shape index (κ1) is 13.4. The van der Waals surface area contributed by atoms with E-state index in [-0.39, 0.29) is 0 Å². The molecular weight excluding hydrogens is 246 g/mol. The number of likely N-dealkylation sites (tertiary alicyclic amines) is 1. The van der Waals surface area contributed by atoms with Crippen molar-refractivity contribution < 1.29 is 0 Å².